The van der Waals surface area contributed by atoms with Crippen molar-refractivity contribution >= 4 is 34.6 Å². The number of anilines is 4. The molecule has 38 heavy (non-hydrogen) atoms. The lowest BCUT2D eigenvalue weighted by Gasteiger charge is -2.57. The van der Waals surface area contributed by atoms with Crippen LogP contribution in [0.3, 0.4) is 0 Å². The molecule has 2 N–H and O–H groups in total. The van der Waals surface area contributed by atoms with Crippen molar-refractivity contribution in [2.45, 2.75) is 37.0 Å². The van der Waals surface area contributed by atoms with Crippen LogP contribution in [0.25, 0.3) is 0 Å². The van der Waals surface area contributed by atoms with Crippen LogP contribution in [-0.2, 0) is 0 Å². The molecule has 0 atom stereocenters. The molecule has 2 spiro atoms. The van der Waals surface area contributed by atoms with E-state index in [0.29, 0.717) is 36.8 Å². The fourth-order valence-corrected chi connectivity index (χ4v) is 6.46. The van der Waals surface area contributed by atoms with Crippen molar-refractivity contribution in [2.75, 3.05) is 20.4 Å². The van der Waals surface area contributed by atoms with E-state index in [2.05, 4.69) is 10.6 Å². The van der Waals surface area contributed by atoms with E-state index in [4.69, 9.17) is 0 Å². The summed E-state index contributed by atoms with van der Waals surface area (Å²) in [6, 6.07) is 35.3. The predicted molar refractivity (Wildman–Crippen MR) is 151 cm³/mol. The van der Waals surface area contributed by atoms with Gasteiger partial charge in [-0.25, -0.2) is 0 Å². The first-order valence-electron chi connectivity index (χ1n) is 13.1. The third kappa shape index (κ3) is 3.33. The Balaban J connectivity index is 1.32. The third-order valence-electron chi connectivity index (χ3n) is 8.24. The fourth-order valence-electron chi connectivity index (χ4n) is 6.46. The molecule has 188 valence electrons. The van der Waals surface area contributed by atoms with Gasteiger partial charge in [-0.2, -0.15) is 0 Å². The van der Waals surface area contributed by atoms with Gasteiger partial charge >= 0.3 is 0 Å². The van der Waals surface area contributed by atoms with Gasteiger partial charge in [0.05, 0.1) is 11.1 Å². The van der Waals surface area contributed by atoms with Gasteiger partial charge in [0.25, 0.3) is 11.8 Å². The van der Waals surface area contributed by atoms with Crippen LogP contribution in [0.15, 0.2) is 109 Å². The summed E-state index contributed by atoms with van der Waals surface area (Å²) in [5.41, 5.74) is 3.59. The number of fused-ring (bicyclic) bond motifs is 2. The zero-order valence-electron chi connectivity index (χ0n) is 20.9. The van der Waals surface area contributed by atoms with E-state index >= 15 is 0 Å². The average Bonchev–Trinajstić information content (AvgIpc) is 2.96. The Bertz CT molecular complexity index is 1410. The van der Waals surface area contributed by atoms with E-state index in [1.54, 1.807) is 0 Å². The molecule has 0 bridgehead atoms. The Morgan fingerprint density at radius 3 is 1.21 bits per heavy atom. The van der Waals surface area contributed by atoms with Gasteiger partial charge in [-0.05, 0) is 74.2 Å². The lowest BCUT2D eigenvalue weighted by molar-refractivity contribution is 0.0877. The summed E-state index contributed by atoms with van der Waals surface area (Å²) in [5.74, 6) is -0.00104. The molecule has 0 aromatic heterocycles. The summed E-state index contributed by atoms with van der Waals surface area (Å²) < 4.78 is 0. The summed E-state index contributed by atoms with van der Waals surface area (Å²) in [5, 5.41) is 7.54. The lowest BCUT2D eigenvalue weighted by atomic mass is 9.76. The molecule has 0 unspecified atom stereocenters. The molecule has 7 rings (SSSR count). The summed E-state index contributed by atoms with van der Waals surface area (Å²) in [4.78, 5) is 31.8. The number of carbonyl (C=O) groups excluding carboxylic acids is 2. The molecule has 1 aliphatic carbocycles. The maximum atomic E-state index is 14.0. The number of nitrogens with one attached hydrogen (secondary N) is 2. The first-order valence-corrected chi connectivity index (χ1v) is 13.1. The number of hydrogen-bond donors (Lipinski definition) is 2. The van der Waals surface area contributed by atoms with Gasteiger partial charge in [0.2, 0.25) is 0 Å². The van der Waals surface area contributed by atoms with E-state index in [-0.39, 0.29) is 11.8 Å². The van der Waals surface area contributed by atoms with Gasteiger partial charge in [-0.1, -0.05) is 60.7 Å². The zero-order chi connectivity index (χ0) is 25.7. The largest absolute Gasteiger partial charge is 0.362 e. The van der Waals surface area contributed by atoms with Crippen LogP contribution in [0.2, 0.25) is 0 Å². The van der Waals surface area contributed by atoms with Crippen molar-refractivity contribution in [3.05, 3.63) is 120 Å². The Kier molecular flexibility index (Phi) is 5.05. The Hall–Kier alpha value is -4.58. The monoisotopic (exact) mass is 500 g/mol. The van der Waals surface area contributed by atoms with Crippen molar-refractivity contribution in [1.82, 2.24) is 0 Å². The van der Waals surface area contributed by atoms with E-state index in [1.165, 1.54) is 0 Å². The highest BCUT2D eigenvalue weighted by Gasteiger charge is 2.55. The van der Waals surface area contributed by atoms with Crippen LogP contribution in [-0.4, -0.2) is 23.1 Å². The van der Waals surface area contributed by atoms with Crippen molar-refractivity contribution in [1.29, 1.82) is 0 Å². The molecule has 2 amide bonds. The van der Waals surface area contributed by atoms with Crippen molar-refractivity contribution in [2.24, 2.45) is 0 Å². The normalized spacial score (nSPS) is 24.0. The maximum absolute atomic E-state index is 14.0. The van der Waals surface area contributed by atoms with Crippen molar-refractivity contribution in [3.8, 4) is 0 Å². The topological polar surface area (TPSA) is 64.7 Å². The second-order valence-corrected chi connectivity index (χ2v) is 10.4. The maximum Gasteiger partial charge on any atom is 0.262 e. The summed E-state index contributed by atoms with van der Waals surface area (Å²) >= 11 is 0. The molecule has 4 aromatic rings. The highest BCUT2D eigenvalue weighted by Crippen LogP contribution is 2.49. The molecule has 0 saturated heterocycles. The minimum atomic E-state index is -0.609. The number of hydrogen-bond acceptors (Lipinski definition) is 4. The van der Waals surface area contributed by atoms with Gasteiger partial charge in [0.1, 0.15) is 11.3 Å². The van der Waals surface area contributed by atoms with E-state index in [9.17, 15) is 9.59 Å². The summed E-state index contributed by atoms with van der Waals surface area (Å²) in [7, 11) is 0. The van der Waals surface area contributed by atoms with Gasteiger partial charge in [0.15, 0.2) is 0 Å². The van der Waals surface area contributed by atoms with Gasteiger partial charge < -0.3 is 10.6 Å². The number of amides is 2. The van der Waals surface area contributed by atoms with Crippen LogP contribution in [0.5, 0.6) is 0 Å². The molecule has 4 aromatic carbocycles. The van der Waals surface area contributed by atoms with Crippen molar-refractivity contribution < 1.29 is 9.59 Å². The summed E-state index contributed by atoms with van der Waals surface area (Å²) in [6.07, 6.45) is 2.64. The number of rotatable bonds is 2. The molecule has 6 nitrogen and oxygen atoms in total. The molecule has 1 fully saturated rings. The average molecular weight is 501 g/mol. The van der Waals surface area contributed by atoms with Crippen LogP contribution >= 0.6 is 0 Å². The highest BCUT2D eigenvalue weighted by molar-refractivity contribution is 6.14. The smallest absolute Gasteiger partial charge is 0.262 e. The molecule has 2 aliphatic heterocycles. The van der Waals surface area contributed by atoms with Crippen LogP contribution in [0.1, 0.15) is 46.4 Å². The Labute approximate surface area is 221 Å². The quantitative estimate of drug-likeness (QED) is 0.330. The van der Waals surface area contributed by atoms with E-state index in [0.717, 1.165) is 22.7 Å². The number of benzene rings is 4. The van der Waals surface area contributed by atoms with E-state index in [1.807, 2.05) is 119 Å². The van der Waals surface area contributed by atoms with Gasteiger partial charge in [-0.15, -0.1) is 0 Å². The number of carbonyl (C=O) groups is 2. The first kappa shape index (κ1) is 22.6. The zero-order valence-corrected chi connectivity index (χ0v) is 20.9. The SMILES string of the molecule is O=C1c2ccccc2NC2(CCC3(CC2)Nc2ccccc2C(=O)N3c2ccccc2)N1c1ccccc1. The fraction of sp³-hybridized carbons (Fsp3) is 0.188. The highest BCUT2D eigenvalue weighted by atomic mass is 16.2. The van der Waals surface area contributed by atoms with Crippen LogP contribution in [0.4, 0.5) is 22.7 Å². The van der Waals surface area contributed by atoms with E-state index < -0.39 is 11.3 Å². The molecule has 1 saturated carbocycles. The number of nitrogens with zero attached hydrogens (tertiary/aromatic N) is 2. The van der Waals surface area contributed by atoms with Gasteiger partial charge in [0, 0.05) is 22.7 Å². The predicted octanol–water partition coefficient (Wildman–Crippen LogP) is 6.50. The molecular weight excluding hydrogens is 472 g/mol. The second kappa shape index (κ2) is 8.48. The molecule has 2 heterocycles. The minimum Gasteiger partial charge on any atom is -0.362 e. The Morgan fingerprint density at radius 2 is 0.816 bits per heavy atom. The lowest BCUT2D eigenvalue weighted by Crippen LogP contribution is -2.69. The van der Waals surface area contributed by atoms with Gasteiger partial charge in [-0.3, -0.25) is 19.4 Å². The Morgan fingerprint density at radius 1 is 0.474 bits per heavy atom. The molecule has 6 heteroatoms. The minimum absolute atomic E-state index is 0.000518. The third-order valence-corrected chi connectivity index (χ3v) is 8.24. The molecule has 0 radical (unpaired) electrons. The molecular formula is C32H28N4O2. The first-order chi connectivity index (χ1) is 18.6. The second-order valence-electron chi connectivity index (χ2n) is 10.4. The molecule has 3 aliphatic rings. The van der Waals surface area contributed by atoms with Crippen LogP contribution in [0, 0.1) is 0 Å². The summed E-state index contributed by atoms with van der Waals surface area (Å²) in [6.45, 7) is 0. The standard InChI is InChI=1S/C32H28N4O2/c37-29-25-15-7-9-17-27(25)33-31(35(29)23-11-3-1-4-12-23)19-21-32(22-20-31)34-28-18-10-8-16-26(28)30(38)36(32)24-13-5-2-6-14-24/h1-18,33-34H,19-22H2. The number of para-hydroxylation sites is 4. The van der Waals surface area contributed by atoms with Crippen LogP contribution < -0.4 is 20.4 Å². The van der Waals surface area contributed by atoms with Crippen molar-refractivity contribution in [3.63, 3.8) is 0 Å².